The van der Waals surface area contributed by atoms with Gasteiger partial charge in [-0.25, -0.2) is 0 Å². The van der Waals surface area contributed by atoms with Crippen LogP contribution >= 0.6 is 31.9 Å². The van der Waals surface area contributed by atoms with E-state index in [0.717, 1.165) is 41.3 Å². The number of aliphatic carboxylic acids is 1. The molecule has 1 aliphatic carbocycles. The molecule has 0 radical (unpaired) electrons. The molecule has 0 saturated heterocycles. The van der Waals surface area contributed by atoms with Crippen molar-refractivity contribution in [3.8, 4) is 0 Å². The number of rotatable bonds is 5. The minimum atomic E-state index is -0.643. The molecule has 19 heavy (non-hydrogen) atoms. The Morgan fingerprint density at radius 1 is 1.32 bits per heavy atom. The fourth-order valence-corrected chi connectivity index (χ4v) is 3.33. The summed E-state index contributed by atoms with van der Waals surface area (Å²) in [7, 11) is 0. The second-order valence-electron chi connectivity index (χ2n) is 5.02. The molecule has 1 fully saturated rings. The van der Waals surface area contributed by atoms with Gasteiger partial charge in [0.2, 0.25) is 0 Å². The van der Waals surface area contributed by atoms with E-state index in [0.29, 0.717) is 0 Å². The van der Waals surface area contributed by atoms with Gasteiger partial charge >= 0.3 is 5.97 Å². The molecule has 104 valence electrons. The van der Waals surface area contributed by atoms with E-state index < -0.39 is 5.97 Å². The molecule has 0 aromatic heterocycles. The summed E-state index contributed by atoms with van der Waals surface area (Å²) < 4.78 is 2.08. The van der Waals surface area contributed by atoms with Crippen LogP contribution in [0.5, 0.6) is 0 Å². The van der Waals surface area contributed by atoms with Gasteiger partial charge in [-0.05, 0) is 74.9 Å². The normalized spacial score (nSPS) is 22.6. The van der Waals surface area contributed by atoms with Gasteiger partial charge < -0.3 is 10.4 Å². The summed E-state index contributed by atoms with van der Waals surface area (Å²) in [5.41, 5.74) is 1.19. The molecule has 2 atom stereocenters. The molecule has 0 heterocycles. The van der Waals surface area contributed by atoms with Crippen LogP contribution in [0, 0.1) is 11.8 Å². The third-order valence-corrected chi connectivity index (χ3v) is 5.58. The van der Waals surface area contributed by atoms with E-state index in [1.165, 1.54) is 5.56 Å². The molecule has 0 spiro atoms. The Kier molecular flexibility index (Phi) is 5.42. The van der Waals surface area contributed by atoms with Gasteiger partial charge in [-0.3, -0.25) is 4.79 Å². The number of halogens is 2. The van der Waals surface area contributed by atoms with Crippen LogP contribution < -0.4 is 5.32 Å². The van der Waals surface area contributed by atoms with E-state index in [1.807, 2.05) is 6.07 Å². The summed E-state index contributed by atoms with van der Waals surface area (Å²) in [6.45, 7) is 1.55. The zero-order chi connectivity index (χ0) is 13.8. The van der Waals surface area contributed by atoms with Crippen LogP contribution in [-0.4, -0.2) is 17.6 Å². The standard InChI is InChI=1S/C14H17Br2NO2/c15-12-5-4-9(6-13(12)16)7-17-8-10-2-1-3-11(10)14(18)19/h4-6,10-11,17H,1-3,7-8H2,(H,18,19). The third-order valence-electron chi connectivity index (χ3n) is 3.70. The highest BCUT2D eigenvalue weighted by molar-refractivity contribution is 9.13. The Labute approximate surface area is 130 Å². The van der Waals surface area contributed by atoms with Crippen LogP contribution in [-0.2, 0) is 11.3 Å². The van der Waals surface area contributed by atoms with Crippen LogP contribution in [0.2, 0.25) is 0 Å². The Morgan fingerprint density at radius 2 is 2.11 bits per heavy atom. The number of hydrogen-bond donors (Lipinski definition) is 2. The first kappa shape index (κ1) is 15.0. The maximum atomic E-state index is 11.1. The highest BCUT2D eigenvalue weighted by atomic mass is 79.9. The van der Waals surface area contributed by atoms with E-state index in [9.17, 15) is 4.79 Å². The van der Waals surface area contributed by atoms with Crippen molar-refractivity contribution < 1.29 is 9.90 Å². The van der Waals surface area contributed by atoms with Gasteiger partial charge in [0.05, 0.1) is 5.92 Å². The second kappa shape index (κ2) is 6.86. The second-order valence-corrected chi connectivity index (χ2v) is 6.72. The molecule has 0 amide bonds. The van der Waals surface area contributed by atoms with Crippen LogP contribution in [0.4, 0.5) is 0 Å². The van der Waals surface area contributed by atoms with Crippen molar-refractivity contribution >= 4 is 37.8 Å². The van der Waals surface area contributed by atoms with Crippen molar-refractivity contribution in [3.05, 3.63) is 32.7 Å². The van der Waals surface area contributed by atoms with E-state index in [-0.39, 0.29) is 11.8 Å². The summed E-state index contributed by atoms with van der Waals surface area (Å²) in [5, 5.41) is 12.5. The number of hydrogen-bond acceptors (Lipinski definition) is 2. The summed E-state index contributed by atoms with van der Waals surface area (Å²) >= 11 is 6.92. The van der Waals surface area contributed by atoms with Gasteiger partial charge in [0, 0.05) is 15.5 Å². The van der Waals surface area contributed by atoms with E-state index in [1.54, 1.807) is 0 Å². The van der Waals surface area contributed by atoms with Gasteiger partial charge in [-0.2, -0.15) is 0 Å². The molecule has 1 saturated carbocycles. The fraction of sp³-hybridized carbons (Fsp3) is 0.500. The first-order valence-electron chi connectivity index (χ1n) is 6.45. The lowest BCUT2D eigenvalue weighted by Crippen LogP contribution is -2.28. The summed E-state index contributed by atoms with van der Waals surface area (Å²) in [6, 6.07) is 6.14. The average Bonchev–Trinajstić information content (AvgIpc) is 2.82. The molecule has 5 heteroatoms. The molecule has 0 bridgehead atoms. The Balaban J connectivity index is 1.83. The van der Waals surface area contributed by atoms with Crippen LogP contribution in [0.25, 0.3) is 0 Å². The van der Waals surface area contributed by atoms with E-state index >= 15 is 0 Å². The predicted octanol–water partition coefficient (Wildman–Crippen LogP) is 3.80. The summed E-state index contributed by atoms with van der Waals surface area (Å²) in [5.74, 6) is -0.531. The van der Waals surface area contributed by atoms with Crippen molar-refractivity contribution in [2.45, 2.75) is 25.8 Å². The monoisotopic (exact) mass is 389 g/mol. The minimum absolute atomic E-state index is 0.163. The maximum Gasteiger partial charge on any atom is 0.306 e. The largest absolute Gasteiger partial charge is 0.481 e. The zero-order valence-electron chi connectivity index (χ0n) is 10.5. The van der Waals surface area contributed by atoms with Gasteiger partial charge in [0.25, 0.3) is 0 Å². The van der Waals surface area contributed by atoms with Gasteiger partial charge in [0.15, 0.2) is 0 Å². The summed E-state index contributed by atoms with van der Waals surface area (Å²) in [6.07, 6.45) is 2.88. The molecule has 2 rings (SSSR count). The smallest absolute Gasteiger partial charge is 0.306 e. The van der Waals surface area contributed by atoms with Crippen LogP contribution in [0.1, 0.15) is 24.8 Å². The number of carbonyl (C=O) groups is 1. The number of carboxylic acid groups (broad SMARTS) is 1. The van der Waals surface area contributed by atoms with E-state index in [4.69, 9.17) is 5.11 Å². The molecule has 1 aromatic rings. The topological polar surface area (TPSA) is 49.3 Å². The van der Waals surface area contributed by atoms with Crippen molar-refractivity contribution in [1.29, 1.82) is 0 Å². The lowest BCUT2D eigenvalue weighted by atomic mass is 9.96. The average molecular weight is 391 g/mol. The molecule has 2 unspecified atom stereocenters. The molecule has 3 nitrogen and oxygen atoms in total. The van der Waals surface area contributed by atoms with Crippen molar-refractivity contribution in [2.75, 3.05) is 6.54 Å². The fourth-order valence-electron chi connectivity index (χ4n) is 2.66. The highest BCUT2D eigenvalue weighted by Crippen LogP contribution is 2.31. The first-order valence-corrected chi connectivity index (χ1v) is 8.04. The summed E-state index contributed by atoms with van der Waals surface area (Å²) in [4.78, 5) is 11.1. The molecular formula is C14H17Br2NO2. The highest BCUT2D eigenvalue weighted by Gasteiger charge is 2.32. The quantitative estimate of drug-likeness (QED) is 0.803. The SMILES string of the molecule is O=C(O)C1CCCC1CNCc1ccc(Br)c(Br)c1. The first-order chi connectivity index (χ1) is 9.08. The molecule has 1 aromatic carbocycles. The minimum Gasteiger partial charge on any atom is -0.481 e. The number of nitrogens with one attached hydrogen (secondary N) is 1. The maximum absolute atomic E-state index is 11.1. The zero-order valence-corrected chi connectivity index (χ0v) is 13.7. The van der Waals surface area contributed by atoms with Gasteiger partial charge in [-0.1, -0.05) is 12.5 Å². The van der Waals surface area contributed by atoms with Crippen LogP contribution in [0.15, 0.2) is 27.1 Å². The Morgan fingerprint density at radius 3 is 2.79 bits per heavy atom. The Bertz CT molecular complexity index is 465. The third kappa shape index (κ3) is 4.04. The van der Waals surface area contributed by atoms with Gasteiger partial charge in [0.1, 0.15) is 0 Å². The molecule has 2 N–H and O–H groups in total. The van der Waals surface area contributed by atoms with E-state index in [2.05, 4.69) is 49.3 Å². The van der Waals surface area contributed by atoms with Crippen LogP contribution in [0.3, 0.4) is 0 Å². The molecule has 1 aliphatic rings. The number of carboxylic acids is 1. The Hall–Kier alpha value is -0.390. The van der Waals surface area contributed by atoms with Crippen molar-refractivity contribution in [1.82, 2.24) is 5.32 Å². The molecular weight excluding hydrogens is 374 g/mol. The lowest BCUT2D eigenvalue weighted by Gasteiger charge is -2.16. The number of benzene rings is 1. The predicted molar refractivity (Wildman–Crippen MR) is 82.0 cm³/mol. The molecule has 0 aliphatic heterocycles. The van der Waals surface area contributed by atoms with Crippen molar-refractivity contribution in [2.24, 2.45) is 11.8 Å². The van der Waals surface area contributed by atoms with Gasteiger partial charge in [-0.15, -0.1) is 0 Å². The van der Waals surface area contributed by atoms with Crippen molar-refractivity contribution in [3.63, 3.8) is 0 Å². The lowest BCUT2D eigenvalue weighted by molar-refractivity contribution is -0.142.